The number of ether oxygens (including phenoxy) is 1. The molecule has 0 saturated heterocycles. The monoisotopic (exact) mass is 222 g/mol. The molecule has 0 bridgehead atoms. The van der Waals surface area contributed by atoms with Crippen LogP contribution in [0.3, 0.4) is 0 Å². The zero-order valence-corrected chi connectivity index (χ0v) is 10.5. The van der Waals surface area contributed by atoms with Crippen LogP contribution in [0.5, 0.6) is 5.75 Å². The van der Waals surface area contributed by atoms with Gasteiger partial charge in [0.15, 0.2) is 0 Å². The van der Waals surface area contributed by atoms with Gasteiger partial charge in [0, 0.05) is 6.54 Å². The van der Waals surface area contributed by atoms with Crippen molar-refractivity contribution in [2.24, 2.45) is 5.92 Å². The molecule has 0 aliphatic rings. The first kappa shape index (κ1) is 13.0. The lowest BCUT2D eigenvalue weighted by atomic mass is 10.1. The molecule has 0 aliphatic heterocycles. The molecule has 1 aromatic heterocycles. The van der Waals surface area contributed by atoms with Crippen LogP contribution in [0.25, 0.3) is 0 Å². The van der Waals surface area contributed by atoms with Crippen LogP contribution in [0.2, 0.25) is 0 Å². The fraction of sp³-hybridized carbons (Fsp3) is 0.615. The minimum absolute atomic E-state index is 0.613. The Morgan fingerprint density at radius 3 is 2.81 bits per heavy atom. The summed E-state index contributed by atoms with van der Waals surface area (Å²) in [4.78, 5) is 4.30. The molecule has 1 heterocycles. The molecule has 0 saturated carbocycles. The van der Waals surface area contributed by atoms with Crippen LogP contribution in [0, 0.1) is 5.92 Å². The fourth-order valence-corrected chi connectivity index (χ4v) is 1.60. The molecule has 0 aromatic carbocycles. The molecule has 1 rings (SSSR count). The molecule has 3 nitrogen and oxygen atoms in total. The lowest BCUT2D eigenvalue weighted by Gasteiger charge is -2.11. The van der Waals surface area contributed by atoms with Gasteiger partial charge in [0.2, 0.25) is 0 Å². The van der Waals surface area contributed by atoms with E-state index in [9.17, 15) is 0 Å². The molecule has 1 N–H and O–H groups in total. The summed E-state index contributed by atoms with van der Waals surface area (Å²) in [6.45, 7) is 5.99. The van der Waals surface area contributed by atoms with E-state index in [4.69, 9.17) is 4.74 Å². The van der Waals surface area contributed by atoms with Gasteiger partial charge < -0.3 is 10.1 Å². The summed E-state index contributed by atoms with van der Waals surface area (Å²) in [5.41, 5.74) is 1.04. The molecule has 0 amide bonds. The van der Waals surface area contributed by atoms with Crippen LogP contribution in [-0.4, -0.2) is 18.6 Å². The molecule has 1 aromatic rings. The number of hydrogen-bond acceptors (Lipinski definition) is 3. The van der Waals surface area contributed by atoms with Crippen molar-refractivity contribution < 1.29 is 4.74 Å². The lowest BCUT2D eigenvalue weighted by molar-refractivity contribution is 0.250. The van der Waals surface area contributed by atoms with E-state index in [2.05, 4.69) is 24.1 Å². The maximum absolute atomic E-state index is 5.67. The number of pyridine rings is 1. The van der Waals surface area contributed by atoms with Gasteiger partial charge in [-0.3, -0.25) is 4.98 Å². The van der Waals surface area contributed by atoms with Gasteiger partial charge in [-0.2, -0.15) is 0 Å². The van der Waals surface area contributed by atoms with Crippen LogP contribution >= 0.6 is 0 Å². The Balaban J connectivity index is 2.37. The van der Waals surface area contributed by atoms with Crippen LogP contribution in [0.1, 0.15) is 32.4 Å². The Morgan fingerprint density at radius 2 is 2.25 bits per heavy atom. The van der Waals surface area contributed by atoms with Gasteiger partial charge >= 0.3 is 0 Å². The van der Waals surface area contributed by atoms with Crippen molar-refractivity contribution in [1.82, 2.24) is 10.3 Å². The topological polar surface area (TPSA) is 34.1 Å². The van der Waals surface area contributed by atoms with E-state index in [1.165, 1.54) is 12.8 Å². The van der Waals surface area contributed by atoms with Crippen LogP contribution in [0.15, 0.2) is 18.3 Å². The highest BCUT2D eigenvalue weighted by molar-refractivity contribution is 5.19. The smallest absolute Gasteiger partial charge is 0.137 e. The van der Waals surface area contributed by atoms with Gasteiger partial charge in [0.1, 0.15) is 5.75 Å². The molecular formula is C13H22N2O. The highest BCUT2D eigenvalue weighted by atomic mass is 16.5. The van der Waals surface area contributed by atoms with Gasteiger partial charge in [-0.25, -0.2) is 0 Å². The van der Waals surface area contributed by atoms with Gasteiger partial charge in [0.05, 0.1) is 18.5 Å². The summed E-state index contributed by atoms with van der Waals surface area (Å²) in [6, 6.07) is 3.98. The summed E-state index contributed by atoms with van der Waals surface area (Å²) < 4.78 is 5.67. The van der Waals surface area contributed by atoms with E-state index in [0.717, 1.165) is 24.6 Å². The summed E-state index contributed by atoms with van der Waals surface area (Å²) in [7, 11) is 1.92. The van der Waals surface area contributed by atoms with Gasteiger partial charge in [0.25, 0.3) is 0 Å². The Morgan fingerprint density at radius 1 is 1.44 bits per heavy atom. The Kier molecular flexibility index (Phi) is 5.86. The van der Waals surface area contributed by atoms with Crippen molar-refractivity contribution >= 4 is 0 Å². The average Bonchev–Trinajstić information content (AvgIpc) is 2.29. The number of nitrogens with one attached hydrogen (secondary N) is 1. The SMILES string of the molecule is CCCC(C)COc1ccc(CNC)nc1. The highest BCUT2D eigenvalue weighted by Gasteiger charge is 2.02. The fourth-order valence-electron chi connectivity index (χ4n) is 1.60. The minimum atomic E-state index is 0.613. The second kappa shape index (κ2) is 7.23. The zero-order valence-electron chi connectivity index (χ0n) is 10.5. The maximum Gasteiger partial charge on any atom is 0.137 e. The standard InChI is InChI=1S/C13H22N2O/c1-4-5-11(2)10-16-13-7-6-12(8-14-3)15-9-13/h6-7,9,11,14H,4-5,8,10H2,1-3H3. The quantitative estimate of drug-likeness (QED) is 0.770. The molecule has 90 valence electrons. The minimum Gasteiger partial charge on any atom is -0.492 e. The molecule has 0 fully saturated rings. The third kappa shape index (κ3) is 4.62. The molecule has 3 heteroatoms. The van der Waals surface area contributed by atoms with E-state index >= 15 is 0 Å². The largest absolute Gasteiger partial charge is 0.492 e. The van der Waals surface area contributed by atoms with Crippen molar-refractivity contribution in [2.45, 2.75) is 33.2 Å². The van der Waals surface area contributed by atoms with E-state index in [-0.39, 0.29) is 0 Å². The number of nitrogens with zero attached hydrogens (tertiary/aromatic N) is 1. The Bertz CT molecular complexity index is 284. The van der Waals surface area contributed by atoms with Crippen molar-refractivity contribution in [3.8, 4) is 5.75 Å². The summed E-state index contributed by atoms with van der Waals surface area (Å²) in [5, 5.41) is 3.07. The lowest BCUT2D eigenvalue weighted by Crippen LogP contribution is -2.09. The molecule has 1 unspecified atom stereocenters. The third-order valence-electron chi connectivity index (χ3n) is 2.47. The van der Waals surface area contributed by atoms with Gasteiger partial charge in [-0.1, -0.05) is 20.3 Å². The first-order valence-corrected chi connectivity index (χ1v) is 5.98. The molecule has 0 spiro atoms. The Labute approximate surface area is 98.2 Å². The predicted molar refractivity (Wildman–Crippen MR) is 66.6 cm³/mol. The number of rotatable bonds is 7. The van der Waals surface area contributed by atoms with E-state index < -0.39 is 0 Å². The van der Waals surface area contributed by atoms with Crippen molar-refractivity contribution in [1.29, 1.82) is 0 Å². The normalized spacial score (nSPS) is 12.4. The van der Waals surface area contributed by atoms with Crippen LogP contribution < -0.4 is 10.1 Å². The van der Waals surface area contributed by atoms with E-state index in [0.29, 0.717) is 5.92 Å². The van der Waals surface area contributed by atoms with E-state index in [1.54, 1.807) is 6.20 Å². The molecule has 0 aliphatic carbocycles. The summed E-state index contributed by atoms with van der Waals surface area (Å²) in [5.74, 6) is 1.48. The first-order valence-electron chi connectivity index (χ1n) is 5.98. The predicted octanol–water partition coefficient (Wildman–Crippen LogP) is 2.62. The second-order valence-corrected chi connectivity index (χ2v) is 4.22. The zero-order chi connectivity index (χ0) is 11.8. The van der Waals surface area contributed by atoms with Crippen molar-refractivity contribution in [3.63, 3.8) is 0 Å². The second-order valence-electron chi connectivity index (χ2n) is 4.22. The number of aromatic nitrogens is 1. The third-order valence-corrected chi connectivity index (χ3v) is 2.47. The van der Waals surface area contributed by atoms with Crippen LogP contribution in [0.4, 0.5) is 0 Å². The summed E-state index contributed by atoms with van der Waals surface area (Å²) >= 11 is 0. The average molecular weight is 222 g/mol. The van der Waals surface area contributed by atoms with Gasteiger partial charge in [-0.05, 0) is 31.5 Å². The molecule has 0 radical (unpaired) electrons. The molecular weight excluding hydrogens is 200 g/mol. The first-order chi connectivity index (χ1) is 7.76. The summed E-state index contributed by atoms with van der Waals surface area (Å²) in [6.07, 6.45) is 4.22. The number of hydrogen-bond donors (Lipinski definition) is 1. The highest BCUT2D eigenvalue weighted by Crippen LogP contribution is 2.12. The maximum atomic E-state index is 5.67. The van der Waals surface area contributed by atoms with Gasteiger partial charge in [-0.15, -0.1) is 0 Å². The van der Waals surface area contributed by atoms with Crippen molar-refractivity contribution in [2.75, 3.05) is 13.7 Å². The van der Waals surface area contributed by atoms with E-state index in [1.807, 2.05) is 19.2 Å². The van der Waals surface area contributed by atoms with Crippen molar-refractivity contribution in [3.05, 3.63) is 24.0 Å². The molecule has 1 atom stereocenters. The Hall–Kier alpha value is -1.09. The molecule has 16 heavy (non-hydrogen) atoms. The van der Waals surface area contributed by atoms with Crippen LogP contribution in [-0.2, 0) is 6.54 Å².